The van der Waals surface area contributed by atoms with Crippen molar-refractivity contribution < 1.29 is 9.53 Å². The lowest BCUT2D eigenvalue weighted by Gasteiger charge is -2.16. The molecule has 0 aliphatic heterocycles. The summed E-state index contributed by atoms with van der Waals surface area (Å²) < 4.78 is 5.53. The van der Waals surface area contributed by atoms with Gasteiger partial charge in [0.15, 0.2) is 0 Å². The Morgan fingerprint density at radius 3 is 2.47 bits per heavy atom. The molecular formula is C12H19N3O2. The van der Waals surface area contributed by atoms with Crippen molar-refractivity contribution in [3.63, 3.8) is 0 Å². The minimum absolute atomic E-state index is 0.159. The molecule has 0 radical (unpaired) electrons. The van der Waals surface area contributed by atoms with Crippen LogP contribution in [-0.4, -0.2) is 24.1 Å². The van der Waals surface area contributed by atoms with Gasteiger partial charge in [0, 0.05) is 13.6 Å². The lowest BCUT2D eigenvalue weighted by atomic mass is 10.2. The Bertz CT molecular complexity index is 363. The summed E-state index contributed by atoms with van der Waals surface area (Å²) in [6, 6.07) is 7.33. The second-order valence-corrected chi connectivity index (χ2v) is 4.12. The number of nitrogens with one attached hydrogen (secondary N) is 1. The summed E-state index contributed by atoms with van der Waals surface area (Å²) in [6.45, 7) is 4.46. The van der Waals surface area contributed by atoms with E-state index in [1.807, 2.05) is 38.1 Å². The molecule has 94 valence electrons. The van der Waals surface area contributed by atoms with E-state index in [2.05, 4.69) is 5.43 Å². The molecule has 17 heavy (non-hydrogen) atoms. The Morgan fingerprint density at radius 2 is 2.00 bits per heavy atom. The van der Waals surface area contributed by atoms with Crippen LogP contribution in [0.5, 0.6) is 5.75 Å². The molecule has 1 rings (SSSR count). The van der Waals surface area contributed by atoms with E-state index in [1.165, 1.54) is 4.90 Å². The second kappa shape index (κ2) is 6.10. The van der Waals surface area contributed by atoms with E-state index in [0.717, 1.165) is 11.3 Å². The first kappa shape index (κ1) is 13.3. The molecule has 0 unspecified atom stereocenters. The third kappa shape index (κ3) is 4.32. The maximum atomic E-state index is 11.2. The second-order valence-electron chi connectivity index (χ2n) is 4.12. The van der Waals surface area contributed by atoms with Crippen molar-refractivity contribution in [3.8, 4) is 5.75 Å². The fourth-order valence-electron chi connectivity index (χ4n) is 1.40. The van der Waals surface area contributed by atoms with Crippen LogP contribution in [0.1, 0.15) is 19.4 Å². The highest BCUT2D eigenvalue weighted by molar-refractivity contribution is 5.73. The van der Waals surface area contributed by atoms with E-state index in [0.29, 0.717) is 6.54 Å². The quantitative estimate of drug-likeness (QED) is 0.473. The number of hydrogen-bond acceptors (Lipinski definition) is 3. The highest BCUT2D eigenvalue weighted by Crippen LogP contribution is 2.14. The molecule has 1 aromatic carbocycles. The average Bonchev–Trinajstić information content (AvgIpc) is 2.30. The van der Waals surface area contributed by atoms with E-state index in [-0.39, 0.29) is 12.1 Å². The number of ether oxygens (including phenoxy) is 1. The Hall–Kier alpha value is -1.75. The van der Waals surface area contributed by atoms with Crippen molar-refractivity contribution >= 4 is 6.03 Å². The van der Waals surface area contributed by atoms with Gasteiger partial charge in [-0.05, 0) is 31.5 Å². The van der Waals surface area contributed by atoms with Crippen LogP contribution in [0.25, 0.3) is 0 Å². The molecular weight excluding hydrogens is 218 g/mol. The van der Waals surface area contributed by atoms with Gasteiger partial charge in [0.2, 0.25) is 0 Å². The molecule has 0 aromatic heterocycles. The van der Waals surface area contributed by atoms with Gasteiger partial charge >= 0.3 is 6.03 Å². The van der Waals surface area contributed by atoms with Gasteiger partial charge in [0.25, 0.3) is 0 Å². The molecule has 0 atom stereocenters. The first-order valence-corrected chi connectivity index (χ1v) is 5.50. The van der Waals surface area contributed by atoms with Gasteiger partial charge in [-0.3, -0.25) is 5.43 Å². The van der Waals surface area contributed by atoms with Crippen LogP contribution < -0.4 is 16.0 Å². The Balaban J connectivity index is 2.59. The third-order valence-electron chi connectivity index (χ3n) is 2.19. The fraction of sp³-hybridized carbons (Fsp3) is 0.417. The molecule has 0 bridgehead atoms. The Labute approximate surface area is 102 Å². The number of amides is 2. The lowest BCUT2D eigenvalue weighted by Crippen LogP contribution is -2.40. The summed E-state index contributed by atoms with van der Waals surface area (Å²) in [6.07, 6.45) is 0.159. The third-order valence-corrected chi connectivity index (χ3v) is 2.19. The number of nitrogens with two attached hydrogens (primary N) is 1. The van der Waals surface area contributed by atoms with E-state index in [9.17, 15) is 4.79 Å². The van der Waals surface area contributed by atoms with Crippen LogP contribution in [0.4, 0.5) is 4.79 Å². The van der Waals surface area contributed by atoms with Crippen molar-refractivity contribution in [2.45, 2.75) is 26.5 Å². The number of rotatable bonds is 4. The van der Waals surface area contributed by atoms with Gasteiger partial charge in [-0.1, -0.05) is 12.1 Å². The predicted octanol–water partition coefficient (Wildman–Crippen LogP) is 1.49. The van der Waals surface area contributed by atoms with Crippen LogP contribution in [0.15, 0.2) is 24.3 Å². The van der Waals surface area contributed by atoms with Crippen molar-refractivity contribution in [1.29, 1.82) is 0 Å². The van der Waals surface area contributed by atoms with Crippen molar-refractivity contribution in [2.75, 3.05) is 7.05 Å². The van der Waals surface area contributed by atoms with Gasteiger partial charge in [0.1, 0.15) is 5.75 Å². The summed E-state index contributed by atoms with van der Waals surface area (Å²) in [5.74, 6) is 5.87. The number of carbonyl (C=O) groups excluding carboxylic acids is 1. The molecule has 0 fully saturated rings. The van der Waals surface area contributed by atoms with Crippen LogP contribution in [0, 0.1) is 0 Å². The number of carbonyl (C=O) groups is 1. The van der Waals surface area contributed by atoms with Crippen molar-refractivity contribution in [3.05, 3.63) is 29.8 Å². The summed E-state index contributed by atoms with van der Waals surface area (Å²) >= 11 is 0. The van der Waals surface area contributed by atoms with Gasteiger partial charge in [0.05, 0.1) is 6.10 Å². The number of hydrazine groups is 1. The molecule has 0 aliphatic rings. The van der Waals surface area contributed by atoms with E-state index < -0.39 is 0 Å². The highest BCUT2D eigenvalue weighted by atomic mass is 16.5. The van der Waals surface area contributed by atoms with Crippen LogP contribution in [0.2, 0.25) is 0 Å². The number of urea groups is 1. The van der Waals surface area contributed by atoms with Crippen LogP contribution in [-0.2, 0) is 6.54 Å². The standard InChI is InChI=1S/C12H19N3O2/c1-9(2)17-11-6-4-10(5-7-11)8-15(3)12(16)14-13/h4-7,9H,8,13H2,1-3H3,(H,14,16). The van der Waals surface area contributed by atoms with Gasteiger partial charge in [-0.15, -0.1) is 0 Å². The van der Waals surface area contributed by atoms with Crippen molar-refractivity contribution in [1.82, 2.24) is 10.3 Å². The summed E-state index contributed by atoms with van der Waals surface area (Å²) in [5.41, 5.74) is 3.11. The van der Waals surface area contributed by atoms with E-state index >= 15 is 0 Å². The summed E-state index contributed by atoms with van der Waals surface area (Å²) in [4.78, 5) is 12.7. The zero-order valence-electron chi connectivity index (χ0n) is 10.4. The van der Waals surface area contributed by atoms with Crippen LogP contribution >= 0.6 is 0 Å². The highest BCUT2D eigenvalue weighted by Gasteiger charge is 2.06. The zero-order valence-corrected chi connectivity index (χ0v) is 10.4. The largest absolute Gasteiger partial charge is 0.491 e. The zero-order chi connectivity index (χ0) is 12.8. The lowest BCUT2D eigenvalue weighted by molar-refractivity contribution is 0.207. The number of nitrogens with zero attached hydrogens (tertiary/aromatic N) is 1. The number of hydrogen-bond donors (Lipinski definition) is 2. The van der Waals surface area contributed by atoms with Gasteiger partial charge in [-0.25, -0.2) is 10.6 Å². The minimum Gasteiger partial charge on any atom is -0.491 e. The Morgan fingerprint density at radius 1 is 1.41 bits per heavy atom. The first-order chi connectivity index (χ1) is 8.02. The molecule has 0 saturated heterocycles. The van der Waals surface area contributed by atoms with Crippen molar-refractivity contribution in [2.24, 2.45) is 5.84 Å². The van der Waals surface area contributed by atoms with Gasteiger partial charge < -0.3 is 9.64 Å². The molecule has 5 nitrogen and oxygen atoms in total. The SMILES string of the molecule is CC(C)Oc1ccc(CN(C)C(=O)NN)cc1. The fourth-order valence-corrected chi connectivity index (χ4v) is 1.40. The molecule has 0 heterocycles. The minimum atomic E-state index is -0.312. The van der Waals surface area contributed by atoms with Crippen LogP contribution in [0.3, 0.4) is 0 Å². The van der Waals surface area contributed by atoms with E-state index in [4.69, 9.17) is 10.6 Å². The Kier molecular flexibility index (Phi) is 4.78. The topological polar surface area (TPSA) is 67.6 Å². The van der Waals surface area contributed by atoms with Gasteiger partial charge in [-0.2, -0.15) is 0 Å². The smallest absolute Gasteiger partial charge is 0.331 e. The summed E-state index contributed by atoms with van der Waals surface area (Å²) in [7, 11) is 1.68. The first-order valence-electron chi connectivity index (χ1n) is 5.50. The number of benzene rings is 1. The maximum Gasteiger partial charge on any atom is 0.331 e. The molecule has 1 aromatic rings. The molecule has 0 spiro atoms. The van der Waals surface area contributed by atoms with E-state index in [1.54, 1.807) is 7.05 Å². The normalized spacial score (nSPS) is 10.2. The monoisotopic (exact) mass is 237 g/mol. The average molecular weight is 237 g/mol. The predicted molar refractivity (Wildman–Crippen MR) is 66.4 cm³/mol. The molecule has 0 aliphatic carbocycles. The molecule has 2 amide bonds. The molecule has 3 N–H and O–H groups in total. The molecule has 0 saturated carbocycles. The maximum absolute atomic E-state index is 11.2. The molecule has 5 heteroatoms. The summed E-state index contributed by atoms with van der Waals surface area (Å²) in [5, 5.41) is 0.